The molecule has 0 aliphatic carbocycles. The first-order chi connectivity index (χ1) is 12.5. The Balaban J connectivity index is 0.00000210. The Bertz CT molecular complexity index is 918. The SMILES string of the molecule is CCn1nc(C(=O)NC2C[C@H]3CC[C@@H](C2)N3C)c(=O)c2c(F)cccc21.Cl. The molecular formula is C19H24ClFN4O2. The van der Waals surface area contributed by atoms with Crippen LogP contribution in [0.5, 0.6) is 0 Å². The van der Waals surface area contributed by atoms with Crippen molar-refractivity contribution in [1.29, 1.82) is 0 Å². The zero-order chi connectivity index (χ0) is 18.4. The molecule has 1 amide bonds. The van der Waals surface area contributed by atoms with Crippen LogP contribution < -0.4 is 10.7 Å². The van der Waals surface area contributed by atoms with Gasteiger partial charge in [-0.3, -0.25) is 14.3 Å². The van der Waals surface area contributed by atoms with Crippen LogP contribution in [0.3, 0.4) is 0 Å². The standard InChI is InChI=1S/C19H23FN4O2.ClH/c1-3-24-15-6-4-5-14(20)16(15)18(25)17(22-24)19(26)21-11-9-12-7-8-13(10-11)23(12)2;/h4-6,11-13H,3,7-10H2,1-2H3,(H,21,26);1H/t11?,12-,13+;. The average molecular weight is 395 g/mol. The van der Waals surface area contributed by atoms with Crippen LogP contribution >= 0.6 is 12.4 Å². The van der Waals surface area contributed by atoms with Crippen molar-refractivity contribution in [2.75, 3.05) is 7.05 Å². The summed E-state index contributed by atoms with van der Waals surface area (Å²) in [5.41, 5.74) is -0.460. The number of carbonyl (C=O) groups is 1. The first-order valence-corrected chi connectivity index (χ1v) is 9.21. The van der Waals surface area contributed by atoms with Crippen LogP contribution in [0.25, 0.3) is 10.9 Å². The second-order valence-electron chi connectivity index (χ2n) is 7.32. The Morgan fingerprint density at radius 3 is 2.59 bits per heavy atom. The highest BCUT2D eigenvalue weighted by Crippen LogP contribution is 2.34. The minimum atomic E-state index is -0.642. The zero-order valence-electron chi connectivity index (χ0n) is 15.4. The summed E-state index contributed by atoms with van der Waals surface area (Å²) in [6.45, 7) is 2.29. The van der Waals surface area contributed by atoms with Gasteiger partial charge >= 0.3 is 0 Å². The highest BCUT2D eigenvalue weighted by molar-refractivity contribution is 5.95. The molecule has 146 valence electrons. The number of piperidine rings is 1. The molecule has 2 fully saturated rings. The average Bonchev–Trinajstić information content (AvgIpc) is 2.83. The number of fused-ring (bicyclic) bond motifs is 3. The van der Waals surface area contributed by atoms with Gasteiger partial charge in [0.2, 0.25) is 5.43 Å². The molecule has 3 heterocycles. The van der Waals surface area contributed by atoms with Crippen molar-refractivity contribution < 1.29 is 9.18 Å². The summed E-state index contributed by atoms with van der Waals surface area (Å²) in [5, 5.41) is 7.11. The molecule has 8 heteroatoms. The predicted octanol–water partition coefficient (Wildman–Crippen LogP) is 2.33. The van der Waals surface area contributed by atoms with Crippen molar-refractivity contribution in [2.45, 2.75) is 57.3 Å². The number of nitrogens with one attached hydrogen (secondary N) is 1. The lowest BCUT2D eigenvalue weighted by molar-refractivity contribution is 0.0874. The van der Waals surface area contributed by atoms with Gasteiger partial charge in [0.15, 0.2) is 5.69 Å². The quantitative estimate of drug-likeness (QED) is 0.867. The lowest BCUT2D eigenvalue weighted by atomic mass is 9.98. The van der Waals surface area contributed by atoms with E-state index in [-0.39, 0.29) is 29.5 Å². The van der Waals surface area contributed by atoms with Crippen LogP contribution in [0.2, 0.25) is 0 Å². The first kappa shape index (κ1) is 19.8. The summed E-state index contributed by atoms with van der Waals surface area (Å²) in [4.78, 5) is 27.8. The van der Waals surface area contributed by atoms with E-state index in [2.05, 4.69) is 22.4 Å². The van der Waals surface area contributed by atoms with Gasteiger partial charge in [-0.15, -0.1) is 12.4 Å². The molecule has 2 aromatic rings. The molecule has 1 unspecified atom stereocenters. The number of aryl methyl sites for hydroxylation is 1. The van der Waals surface area contributed by atoms with Crippen molar-refractivity contribution in [3.8, 4) is 0 Å². The van der Waals surface area contributed by atoms with Crippen molar-refractivity contribution in [3.05, 3.63) is 39.9 Å². The number of benzene rings is 1. The van der Waals surface area contributed by atoms with E-state index < -0.39 is 17.2 Å². The maximum absolute atomic E-state index is 14.2. The third-order valence-electron chi connectivity index (χ3n) is 5.88. The number of rotatable bonds is 3. The fourth-order valence-corrected chi connectivity index (χ4v) is 4.46. The molecule has 2 saturated heterocycles. The molecule has 0 spiro atoms. The highest BCUT2D eigenvalue weighted by Gasteiger charge is 2.39. The van der Waals surface area contributed by atoms with Crippen LogP contribution in [0.1, 0.15) is 43.1 Å². The van der Waals surface area contributed by atoms with Crippen LogP contribution in [0.4, 0.5) is 4.39 Å². The van der Waals surface area contributed by atoms with Gasteiger partial charge in [-0.1, -0.05) is 6.07 Å². The van der Waals surface area contributed by atoms with Gasteiger partial charge in [-0.2, -0.15) is 5.10 Å². The Hall–Kier alpha value is -1.99. The van der Waals surface area contributed by atoms with E-state index >= 15 is 0 Å². The third kappa shape index (κ3) is 3.34. The molecule has 1 aromatic carbocycles. The van der Waals surface area contributed by atoms with Crippen LogP contribution in [0, 0.1) is 5.82 Å². The van der Waals surface area contributed by atoms with E-state index in [9.17, 15) is 14.0 Å². The number of nitrogens with zero attached hydrogens (tertiary/aromatic N) is 3. The predicted molar refractivity (Wildman–Crippen MR) is 104 cm³/mol. The van der Waals surface area contributed by atoms with Crippen molar-refractivity contribution >= 4 is 29.2 Å². The van der Waals surface area contributed by atoms with Gasteiger partial charge in [0, 0.05) is 24.7 Å². The monoisotopic (exact) mass is 394 g/mol. The Morgan fingerprint density at radius 2 is 1.96 bits per heavy atom. The second-order valence-corrected chi connectivity index (χ2v) is 7.32. The number of aromatic nitrogens is 2. The van der Waals surface area contributed by atoms with E-state index in [0.29, 0.717) is 24.1 Å². The number of hydrogen-bond donors (Lipinski definition) is 1. The fourth-order valence-electron chi connectivity index (χ4n) is 4.46. The summed E-state index contributed by atoms with van der Waals surface area (Å²) in [7, 11) is 2.13. The van der Waals surface area contributed by atoms with Crippen LogP contribution in [0.15, 0.2) is 23.0 Å². The van der Waals surface area contributed by atoms with Crippen molar-refractivity contribution in [1.82, 2.24) is 20.0 Å². The van der Waals surface area contributed by atoms with Gasteiger partial charge in [-0.25, -0.2) is 4.39 Å². The lowest BCUT2D eigenvalue weighted by Crippen LogP contribution is -2.49. The topological polar surface area (TPSA) is 67.2 Å². The molecule has 27 heavy (non-hydrogen) atoms. The summed E-state index contributed by atoms with van der Waals surface area (Å²) < 4.78 is 15.7. The molecule has 0 saturated carbocycles. The fraction of sp³-hybridized carbons (Fsp3) is 0.526. The van der Waals surface area contributed by atoms with Gasteiger partial charge < -0.3 is 10.2 Å². The van der Waals surface area contributed by atoms with E-state index in [0.717, 1.165) is 25.7 Å². The van der Waals surface area contributed by atoms with Gasteiger partial charge in [0.05, 0.1) is 10.9 Å². The van der Waals surface area contributed by atoms with Crippen LogP contribution in [-0.2, 0) is 6.54 Å². The Labute approximate surface area is 163 Å². The van der Waals surface area contributed by atoms with E-state index in [1.807, 2.05) is 6.92 Å². The van der Waals surface area contributed by atoms with E-state index in [4.69, 9.17) is 0 Å². The number of hydrogen-bond acceptors (Lipinski definition) is 4. The van der Waals surface area contributed by atoms with E-state index in [1.54, 1.807) is 12.1 Å². The normalized spacial score (nSPS) is 24.6. The second kappa shape index (κ2) is 7.56. The van der Waals surface area contributed by atoms with Crippen LogP contribution in [-0.4, -0.2) is 45.8 Å². The maximum Gasteiger partial charge on any atom is 0.276 e. The Morgan fingerprint density at radius 1 is 1.30 bits per heavy atom. The molecule has 6 nitrogen and oxygen atoms in total. The maximum atomic E-state index is 14.2. The summed E-state index contributed by atoms with van der Waals surface area (Å²) in [6, 6.07) is 5.41. The summed E-state index contributed by atoms with van der Waals surface area (Å²) >= 11 is 0. The minimum absolute atomic E-state index is 0. The third-order valence-corrected chi connectivity index (χ3v) is 5.88. The first-order valence-electron chi connectivity index (χ1n) is 9.21. The lowest BCUT2D eigenvalue weighted by Gasteiger charge is -2.36. The number of carbonyl (C=O) groups excluding carboxylic acids is 1. The minimum Gasteiger partial charge on any atom is -0.348 e. The summed E-state index contributed by atoms with van der Waals surface area (Å²) in [6.07, 6.45) is 4.05. The molecule has 1 aromatic heterocycles. The van der Waals surface area contributed by atoms with Gasteiger partial charge in [0.25, 0.3) is 5.91 Å². The molecule has 2 bridgehead atoms. The Kier molecular flexibility index (Phi) is 5.53. The molecule has 0 radical (unpaired) electrons. The van der Waals surface area contributed by atoms with Crippen molar-refractivity contribution in [3.63, 3.8) is 0 Å². The van der Waals surface area contributed by atoms with Gasteiger partial charge in [0.1, 0.15) is 5.82 Å². The highest BCUT2D eigenvalue weighted by atomic mass is 35.5. The largest absolute Gasteiger partial charge is 0.348 e. The molecular weight excluding hydrogens is 371 g/mol. The van der Waals surface area contributed by atoms with Crippen molar-refractivity contribution in [2.24, 2.45) is 0 Å². The zero-order valence-corrected chi connectivity index (χ0v) is 16.3. The summed E-state index contributed by atoms with van der Waals surface area (Å²) in [5.74, 6) is -1.13. The van der Waals surface area contributed by atoms with Gasteiger partial charge in [-0.05, 0) is 51.8 Å². The molecule has 2 aliphatic heterocycles. The molecule has 4 rings (SSSR count). The smallest absolute Gasteiger partial charge is 0.276 e. The van der Waals surface area contributed by atoms with E-state index in [1.165, 1.54) is 10.7 Å². The molecule has 3 atom stereocenters. The number of halogens is 2. The number of amides is 1. The molecule has 1 N–H and O–H groups in total. The molecule has 2 aliphatic rings.